The molecule has 1 heterocycles. The second kappa shape index (κ2) is 6.99. The van der Waals surface area contributed by atoms with E-state index in [0.29, 0.717) is 17.6 Å². The zero-order valence-corrected chi connectivity index (χ0v) is 11.3. The van der Waals surface area contributed by atoms with Crippen LogP contribution in [0.1, 0.15) is 19.7 Å². The van der Waals surface area contributed by atoms with Crippen LogP contribution in [-0.2, 0) is 11.3 Å². The predicted molar refractivity (Wildman–Crippen MR) is 63.8 cm³/mol. The maximum atomic E-state index is 12.5. The van der Waals surface area contributed by atoms with Crippen LogP contribution >= 0.6 is 11.5 Å². The molecule has 0 amide bonds. The lowest BCUT2D eigenvalue weighted by molar-refractivity contribution is -0.168. The van der Waals surface area contributed by atoms with Crippen LogP contribution in [0.4, 0.5) is 22.7 Å². The van der Waals surface area contributed by atoms with Gasteiger partial charge in [0.2, 0.25) is 5.13 Å². The summed E-state index contributed by atoms with van der Waals surface area (Å²) < 4.78 is 57.2. The lowest BCUT2D eigenvalue weighted by Gasteiger charge is -2.14. The van der Waals surface area contributed by atoms with Gasteiger partial charge in [0.15, 0.2) is 5.82 Å². The van der Waals surface area contributed by atoms with E-state index < -0.39 is 19.0 Å². The minimum absolute atomic E-state index is 0.196. The molecular weight excluding hydrogens is 286 g/mol. The van der Waals surface area contributed by atoms with E-state index in [4.69, 9.17) is 0 Å². The average Bonchev–Trinajstić information content (AvgIpc) is 2.74. The number of ether oxygens (including phenoxy) is 1. The van der Waals surface area contributed by atoms with Gasteiger partial charge < -0.3 is 10.1 Å². The van der Waals surface area contributed by atoms with Crippen molar-refractivity contribution in [3.63, 3.8) is 0 Å². The summed E-state index contributed by atoms with van der Waals surface area (Å²) in [6.45, 7) is 3.08. The molecule has 0 atom stereocenters. The van der Waals surface area contributed by atoms with Gasteiger partial charge >= 0.3 is 12.3 Å². The van der Waals surface area contributed by atoms with Gasteiger partial charge in [0, 0.05) is 18.1 Å². The van der Waals surface area contributed by atoms with Crippen LogP contribution in [0.15, 0.2) is 0 Å². The van der Waals surface area contributed by atoms with Crippen molar-refractivity contribution in [1.82, 2.24) is 9.36 Å². The smallest absolute Gasteiger partial charge is 0.330 e. The predicted octanol–water partition coefficient (Wildman–Crippen LogP) is 3.02. The SMILES string of the molecule is CC(C)CNc1nc(COCC(F)(F)C(F)F)ns1. The Kier molecular flexibility index (Phi) is 5.92. The minimum Gasteiger partial charge on any atom is -0.367 e. The summed E-state index contributed by atoms with van der Waals surface area (Å²) >= 11 is 1.07. The van der Waals surface area contributed by atoms with Crippen LogP contribution in [0.2, 0.25) is 0 Å². The number of nitrogens with one attached hydrogen (secondary N) is 1. The fourth-order valence-electron chi connectivity index (χ4n) is 1.02. The number of aromatic nitrogens is 2. The molecule has 0 saturated heterocycles. The van der Waals surface area contributed by atoms with Gasteiger partial charge in [-0.05, 0) is 5.92 Å². The van der Waals surface area contributed by atoms with Gasteiger partial charge in [0.05, 0.1) is 0 Å². The highest BCUT2D eigenvalue weighted by atomic mass is 32.1. The first-order chi connectivity index (χ1) is 8.81. The molecule has 0 fully saturated rings. The van der Waals surface area contributed by atoms with Gasteiger partial charge in [-0.15, -0.1) is 0 Å². The van der Waals surface area contributed by atoms with Crippen molar-refractivity contribution in [2.75, 3.05) is 18.5 Å². The van der Waals surface area contributed by atoms with Crippen LogP contribution in [-0.4, -0.2) is 34.9 Å². The van der Waals surface area contributed by atoms with Crippen molar-refractivity contribution < 1.29 is 22.3 Å². The zero-order chi connectivity index (χ0) is 14.5. The van der Waals surface area contributed by atoms with Gasteiger partial charge in [-0.3, -0.25) is 0 Å². The van der Waals surface area contributed by atoms with Crippen molar-refractivity contribution in [3.05, 3.63) is 5.82 Å². The summed E-state index contributed by atoms with van der Waals surface area (Å²) in [4.78, 5) is 3.99. The first kappa shape index (κ1) is 16.1. The van der Waals surface area contributed by atoms with Crippen molar-refractivity contribution in [2.24, 2.45) is 5.92 Å². The quantitative estimate of drug-likeness (QED) is 0.750. The van der Waals surface area contributed by atoms with E-state index in [9.17, 15) is 17.6 Å². The third-order valence-corrected chi connectivity index (χ3v) is 2.69. The molecule has 1 aromatic heterocycles. The maximum Gasteiger partial charge on any atom is 0.330 e. The number of rotatable bonds is 8. The van der Waals surface area contributed by atoms with E-state index in [2.05, 4.69) is 19.4 Å². The van der Waals surface area contributed by atoms with E-state index >= 15 is 0 Å². The Balaban J connectivity index is 2.34. The van der Waals surface area contributed by atoms with E-state index in [1.165, 1.54) is 0 Å². The average molecular weight is 301 g/mol. The Bertz CT molecular complexity index is 387. The number of alkyl halides is 4. The molecule has 0 saturated carbocycles. The first-order valence-electron chi connectivity index (χ1n) is 5.61. The van der Waals surface area contributed by atoms with Crippen molar-refractivity contribution in [1.29, 1.82) is 0 Å². The highest BCUT2D eigenvalue weighted by Crippen LogP contribution is 2.23. The monoisotopic (exact) mass is 301 g/mol. The molecule has 0 aliphatic rings. The van der Waals surface area contributed by atoms with Crippen LogP contribution in [0.3, 0.4) is 0 Å². The summed E-state index contributed by atoms with van der Waals surface area (Å²) in [5.41, 5.74) is 0. The molecule has 0 aliphatic carbocycles. The Morgan fingerprint density at radius 1 is 1.37 bits per heavy atom. The zero-order valence-electron chi connectivity index (χ0n) is 10.5. The van der Waals surface area contributed by atoms with Crippen molar-refractivity contribution in [2.45, 2.75) is 32.8 Å². The summed E-state index contributed by atoms with van der Waals surface area (Å²) in [6, 6.07) is 0. The summed E-state index contributed by atoms with van der Waals surface area (Å²) in [7, 11) is 0. The standard InChI is InChI=1S/C10H15F4N3OS/c1-6(2)3-15-9-16-7(17-19-9)4-18-5-10(13,14)8(11)12/h6,8H,3-5H2,1-2H3,(H,15,16,17). The number of hydrogen-bond donors (Lipinski definition) is 1. The number of nitrogens with zero attached hydrogens (tertiary/aromatic N) is 2. The Morgan fingerprint density at radius 3 is 2.63 bits per heavy atom. The molecule has 0 aromatic carbocycles. The van der Waals surface area contributed by atoms with Crippen LogP contribution < -0.4 is 5.32 Å². The summed E-state index contributed by atoms with van der Waals surface area (Å²) in [5, 5.41) is 3.56. The van der Waals surface area contributed by atoms with Gasteiger partial charge in [0.1, 0.15) is 13.2 Å². The summed E-state index contributed by atoms with van der Waals surface area (Å²) in [6.07, 6.45) is -3.74. The van der Waals surface area contributed by atoms with Crippen LogP contribution in [0.25, 0.3) is 0 Å². The lowest BCUT2D eigenvalue weighted by Crippen LogP contribution is -2.32. The number of anilines is 1. The minimum atomic E-state index is -4.14. The van der Waals surface area contributed by atoms with Crippen molar-refractivity contribution in [3.8, 4) is 0 Å². The number of hydrogen-bond acceptors (Lipinski definition) is 5. The third-order valence-electron chi connectivity index (χ3n) is 1.97. The molecule has 9 heteroatoms. The normalized spacial score (nSPS) is 12.4. The van der Waals surface area contributed by atoms with Crippen LogP contribution in [0.5, 0.6) is 0 Å². The topological polar surface area (TPSA) is 47.0 Å². The third kappa shape index (κ3) is 5.68. The lowest BCUT2D eigenvalue weighted by atomic mass is 10.2. The van der Waals surface area contributed by atoms with Crippen LogP contribution in [0, 0.1) is 5.92 Å². The Hall–Kier alpha value is -0.960. The van der Waals surface area contributed by atoms with E-state index in [-0.39, 0.29) is 12.4 Å². The second-order valence-electron chi connectivity index (χ2n) is 4.35. The molecule has 1 N–H and O–H groups in total. The number of halogens is 4. The molecule has 1 rings (SSSR count). The molecule has 0 bridgehead atoms. The molecule has 110 valence electrons. The molecule has 0 unspecified atom stereocenters. The molecule has 0 radical (unpaired) electrons. The molecule has 0 aliphatic heterocycles. The van der Waals surface area contributed by atoms with Gasteiger partial charge in [-0.25, -0.2) is 13.8 Å². The molecule has 4 nitrogen and oxygen atoms in total. The van der Waals surface area contributed by atoms with Gasteiger partial charge in [-0.1, -0.05) is 13.8 Å². The van der Waals surface area contributed by atoms with E-state index in [1.807, 2.05) is 13.8 Å². The fraction of sp³-hybridized carbons (Fsp3) is 0.800. The highest BCUT2D eigenvalue weighted by Gasteiger charge is 2.41. The van der Waals surface area contributed by atoms with Gasteiger partial charge in [0.25, 0.3) is 0 Å². The fourth-order valence-corrected chi connectivity index (χ4v) is 1.60. The van der Waals surface area contributed by atoms with E-state index in [1.54, 1.807) is 0 Å². The molecule has 19 heavy (non-hydrogen) atoms. The maximum absolute atomic E-state index is 12.5. The molecule has 1 aromatic rings. The Morgan fingerprint density at radius 2 is 2.05 bits per heavy atom. The largest absolute Gasteiger partial charge is 0.367 e. The first-order valence-corrected chi connectivity index (χ1v) is 6.38. The Labute approximate surface area is 112 Å². The summed E-state index contributed by atoms with van der Waals surface area (Å²) in [5.74, 6) is -3.52. The highest BCUT2D eigenvalue weighted by molar-refractivity contribution is 7.09. The molecular formula is C10H15F4N3OS. The van der Waals surface area contributed by atoms with Crippen molar-refractivity contribution >= 4 is 16.7 Å². The van der Waals surface area contributed by atoms with E-state index in [0.717, 1.165) is 11.5 Å². The van der Waals surface area contributed by atoms with Gasteiger partial charge in [-0.2, -0.15) is 13.2 Å². The second-order valence-corrected chi connectivity index (χ2v) is 5.10. The molecule has 0 spiro atoms.